The van der Waals surface area contributed by atoms with Crippen LogP contribution in [0.2, 0.25) is 0 Å². The highest BCUT2D eigenvalue weighted by molar-refractivity contribution is 5.97. The molecule has 116 valence electrons. The Morgan fingerprint density at radius 1 is 1.43 bits per heavy atom. The molecule has 5 nitrogen and oxygen atoms in total. The highest BCUT2D eigenvalue weighted by Crippen LogP contribution is 2.21. The Labute approximate surface area is 125 Å². The molecule has 21 heavy (non-hydrogen) atoms. The van der Waals surface area contributed by atoms with Crippen molar-refractivity contribution < 1.29 is 19.4 Å². The van der Waals surface area contributed by atoms with Gasteiger partial charge in [0, 0.05) is 38.2 Å². The van der Waals surface area contributed by atoms with E-state index in [2.05, 4.69) is 0 Å². The second-order valence-corrected chi connectivity index (χ2v) is 5.66. The van der Waals surface area contributed by atoms with E-state index in [1.165, 1.54) is 0 Å². The fourth-order valence-electron chi connectivity index (χ4n) is 2.60. The van der Waals surface area contributed by atoms with E-state index in [-0.39, 0.29) is 12.3 Å². The van der Waals surface area contributed by atoms with Gasteiger partial charge in [-0.2, -0.15) is 0 Å². The quantitative estimate of drug-likeness (QED) is 0.802. The van der Waals surface area contributed by atoms with Gasteiger partial charge in [-0.25, -0.2) is 0 Å². The van der Waals surface area contributed by atoms with Crippen molar-refractivity contribution in [3.8, 4) is 5.75 Å². The fourth-order valence-corrected chi connectivity index (χ4v) is 2.60. The van der Waals surface area contributed by atoms with Gasteiger partial charge >= 0.3 is 0 Å². The van der Waals surface area contributed by atoms with Crippen LogP contribution >= 0.6 is 0 Å². The van der Waals surface area contributed by atoms with Crippen LogP contribution in [0.25, 0.3) is 0 Å². The molecule has 0 radical (unpaired) electrons. The first-order chi connectivity index (χ1) is 10.0. The Morgan fingerprint density at radius 2 is 2.14 bits per heavy atom. The van der Waals surface area contributed by atoms with Crippen LogP contribution in [0.5, 0.6) is 5.75 Å². The van der Waals surface area contributed by atoms with Crippen molar-refractivity contribution in [2.24, 2.45) is 0 Å². The van der Waals surface area contributed by atoms with Gasteiger partial charge in [0.25, 0.3) is 0 Å². The predicted molar refractivity (Wildman–Crippen MR) is 79.8 cm³/mol. The second kappa shape index (κ2) is 7.02. The van der Waals surface area contributed by atoms with Crippen LogP contribution in [0.15, 0.2) is 24.3 Å². The van der Waals surface area contributed by atoms with Gasteiger partial charge in [0.05, 0.1) is 19.3 Å². The molecule has 0 aliphatic carbocycles. The number of hydrogen-bond donors (Lipinski definition) is 1. The van der Waals surface area contributed by atoms with E-state index in [1.807, 2.05) is 18.0 Å². The van der Waals surface area contributed by atoms with Crippen molar-refractivity contribution in [1.82, 2.24) is 4.90 Å². The zero-order valence-corrected chi connectivity index (χ0v) is 12.7. The molecular weight excluding hydrogens is 270 g/mol. The zero-order chi connectivity index (χ0) is 15.3. The second-order valence-electron chi connectivity index (χ2n) is 5.66. The van der Waals surface area contributed by atoms with E-state index >= 15 is 0 Å². The van der Waals surface area contributed by atoms with Crippen LogP contribution < -0.4 is 4.74 Å². The summed E-state index contributed by atoms with van der Waals surface area (Å²) >= 11 is 0. The normalized spacial score (nSPS) is 17.7. The standard InChI is InChI=1S/C16H23NO4/c1-17(12-16(19)6-8-21-9-7-16)11-15(18)13-4-3-5-14(10-13)20-2/h3-5,10,19H,6-9,11-12H2,1-2H3. The number of nitrogens with zero attached hydrogens (tertiary/aromatic N) is 1. The number of aliphatic hydroxyl groups is 1. The number of hydrogen-bond acceptors (Lipinski definition) is 5. The summed E-state index contributed by atoms with van der Waals surface area (Å²) in [4.78, 5) is 14.1. The topological polar surface area (TPSA) is 59.0 Å². The molecule has 1 N–H and O–H groups in total. The number of ketones is 1. The first-order valence-corrected chi connectivity index (χ1v) is 7.18. The molecule has 0 atom stereocenters. The maximum Gasteiger partial charge on any atom is 0.176 e. The molecule has 1 saturated heterocycles. The van der Waals surface area contributed by atoms with Gasteiger partial charge < -0.3 is 14.6 Å². The Hall–Kier alpha value is -1.43. The number of Topliss-reactive ketones (excluding diaryl/α,β-unsaturated/α-hetero) is 1. The first kappa shape index (κ1) is 15.9. The molecule has 0 aromatic heterocycles. The van der Waals surface area contributed by atoms with E-state index in [4.69, 9.17) is 9.47 Å². The van der Waals surface area contributed by atoms with Crippen molar-refractivity contribution in [3.05, 3.63) is 29.8 Å². The minimum absolute atomic E-state index is 0.0204. The molecule has 0 spiro atoms. The third-order valence-electron chi connectivity index (χ3n) is 3.79. The van der Waals surface area contributed by atoms with E-state index in [9.17, 15) is 9.90 Å². The summed E-state index contributed by atoms with van der Waals surface area (Å²) in [5.74, 6) is 0.693. The summed E-state index contributed by atoms with van der Waals surface area (Å²) in [6.45, 7) is 1.91. The average Bonchev–Trinajstić information content (AvgIpc) is 2.47. The number of carbonyl (C=O) groups excluding carboxylic acids is 1. The maximum absolute atomic E-state index is 12.3. The third kappa shape index (κ3) is 4.52. The van der Waals surface area contributed by atoms with Crippen LogP contribution in [-0.2, 0) is 4.74 Å². The lowest BCUT2D eigenvalue weighted by Gasteiger charge is -2.35. The molecule has 1 aromatic carbocycles. The minimum atomic E-state index is -0.748. The molecule has 0 saturated carbocycles. The van der Waals surface area contributed by atoms with Crippen molar-refractivity contribution in [2.75, 3.05) is 40.5 Å². The van der Waals surface area contributed by atoms with E-state index in [0.29, 0.717) is 43.9 Å². The summed E-state index contributed by atoms with van der Waals surface area (Å²) in [6, 6.07) is 7.13. The highest BCUT2D eigenvalue weighted by atomic mass is 16.5. The number of likely N-dealkylation sites (N-methyl/N-ethyl adjacent to an activating group) is 1. The monoisotopic (exact) mass is 293 g/mol. The number of benzene rings is 1. The van der Waals surface area contributed by atoms with Crippen molar-refractivity contribution >= 4 is 5.78 Å². The molecule has 1 aliphatic heterocycles. The van der Waals surface area contributed by atoms with Gasteiger partial charge in [0.2, 0.25) is 0 Å². The minimum Gasteiger partial charge on any atom is -0.497 e. The molecular formula is C16H23NO4. The third-order valence-corrected chi connectivity index (χ3v) is 3.79. The van der Waals surface area contributed by atoms with Gasteiger partial charge in [-0.1, -0.05) is 12.1 Å². The lowest BCUT2D eigenvalue weighted by atomic mass is 9.94. The first-order valence-electron chi connectivity index (χ1n) is 7.18. The predicted octanol–water partition coefficient (Wildman–Crippen LogP) is 1.35. The molecule has 5 heteroatoms. The fraction of sp³-hybridized carbons (Fsp3) is 0.562. The van der Waals surface area contributed by atoms with Crippen LogP contribution in [0, 0.1) is 0 Å². The van der Waals surface area contributed by atoms with Crippen LogP contribution in [0.4, 0.5) is 0 Å². The van der Waals surface area contributed by atoms with Gasteiger partial charge in [-0.3, -0.25) is 9.69 Å². The van der Waals surface area contributed by atoms with Gasteiger partial charge in [-0.15, -0.1) is 0 Å². The Morgan fingerprint density at radius 3 is 2.81 bits per heavy atom. The summed E-state index contributed by atoms with van der Waals surface area (Å²) in [6.07, 6.45) is 1.23. The number of methoxy groups -OCH3 is 1. The zero-order valence-electron chi connectivity index (χ0n) is 12.7. The molecule has 0 bridgehead atoms. The lowest BCUT2D eigenvalue weighted by Crippen LogP contribution is -2.46. The average molecular weight is 293 g/mol. The SMILES string of the molecule is COc1cccc(C(=O)CN(C)CC2(O)CCOCC2)c1. The molecule has 1 aliphatic rings. The summed E-state index contributed by atoms with van der Waals surface area (Å²) < 4.78 is 10.4. The summed E-state index contributed by atoms with van der Waals surface area (Å²) in [5.41, 5.74) is -0.123. The smallest absolute Gasteiger partial charge is 0.176 e. The van der Waals surface area contributed by atoms with Crippen LogP contribution in [0.3, 0.4) is 0 Å². The Kier molecular flexibility index (Phi) is 5.33. The molecule has 0 unspecified atom stereocenters. The van der Waals surface area contributed by atoms with E-state index < -0.39 is 5.60 Å². The summed E-state index contributed by atoms with van der Waals surface area (Å²) in [7, 11) is 3.43. The van der Waals surface area contributed by atoms with Crippen molar-refractivity contribution in [2.45, 2.75) is 18.4 Å². The lowest BCUT2D eigenvalue weighted by molar-refractivity contribution is -0.0758. The number of ether oxygens (including phenoxy) is 2. The van der Waals surface area contributed by atoms with Gasteiger partial charge in [0.1, 0.15) is 5.75 Å². The molecule has 1 fully saturated rings. The van der Waals surface area contributed by atoms with E-state index in [1.54, 1.807) is 25.3 Å². The van der Waals surface area contributed by atoms with Crippen molar-refractivity contribution in [1.29, 1.82) is 0 Å². The Bertz CT molecular complexity index is 483. The Balaban J connectivity index is 1.92. The van der Waals surface area contributed by atoms with Crippen LogP contribution in [-0.4, -0.2) is 61.9 Å². The van der Waals surface area contributed by atoms with E-state index in [0.717, 1.165) is 0 Å². The number of rotatable bonds is 6. The molecule has 2 rings (SSSR count). The molecule has 1 heterocycles. The maximum atomic E-state index is 12.3. The highest BCUT2D eigenvalue weighted by Gasteiger charge is 2.31. The largest absolute Gasteiger partial charge is 0.497 e. The van der Waals surface area contributed by atoms with Crippen LogP contribution in [0.1, 0.15) is 23.2 Å². The number of carbonyl (C=O) groups is 1. The van der Waals surface area contributed by atoms with Gasteiger partial charge in [0.15, 0.2) is 5.78 Å². The molecule has 0 amide bonds. The van der Waals surface area contributed by atoms with Crippen molar-refractivity contribution in [3.63, 3.8) is 0 Å². The molecule has 1 aromatic rings. The summed E-state index contributed by atoms with van der Waals surface area (Å²) in [5, 5.41) is 10.5. The van der Waals surface area contributed by atoms with Gasteiger partial charge in [-0.05, 0) is 19.2 Å².